The molecule has 0 spiro atoms. The lowest BCUT2D eigenvalue weighted by Gasteiger charge is -2.21. The minimum atomic E-state index is -0.526. The molecule has 1 aliphatic rings. The monoisotopic (exact) mass is 436 g/mol. The van der Waals surface area contributed by atoms with Gasteiger partial charge in [-0.05, 0) is 29.8 Å². The Labute approximate surface area is 185 Å². The van der Waals surface area contributed by atoms with E-state index in [-0.39, 0.29) is 18.2 Å². The van der Waals surface area contributed by atoms with Crippen LogP contribution in [0.1, 0.15) is 28.4 Å². The molecule has 31 heavy (non-hydrogen) atoms. The smallest absolute Gasteiger partial charge is 0.253 e. The van der Waals surface area contributed by atoms with E-state index in [4.69, 9.17) is 21.1 Å². The molecule has 0 radical (unpaired) electrons. The summed E-state index contributed by atoms with van der Waals surface area (Å²) in [5.74, 6) is 0.658. The van der Waals surface area contributed by atoms with Gasteiger partial charge in [0.15, 0.2) is 11.5 Å². The lowest BCUT2D eigenvalue weighted by Crippen LogP contribution is -2.31. The van der Waals surface area contributed by atoms with Crippen LogP contribution in [-0.4, -0.2) is 25.0 Å². The van der Waals surface area contributed by atoms with Crippen LogP contribution >= 0.6 is 11.6 Å². The first-order valence-corrected chi connectivity index (χ1v) is 10.3. The maximum Gasteiger partial charge on any atom is 0.253 e. The normalized spacial score (nSPS) is 13.2. The van der Waals surface area contributed by atoms with Crippen molar-refractivity contribution in [2.24, 2.45) is 0 Å². The van der Waals surface area contributed by atoms with Crippen molar-refractivity contribution in [2.45, 2.75) is 12.5 Å². The molecule has 7 heteroatoms. The molecule has 0 fully saturated rings. The van der Waals surface area contributed by atoms with E-state index in [9.17, 15) is 9.59 Å². The van der Waals surface area contributed by atoms with E-state index in [2.05, 4.69) is 10.6 Å². The van der Waals surface area contributed by atoms with Gasteiger partial charge in [0.1, 0.15) is 13.2 Å². The van der Waals surface area contributed by atoms with Gasteiger partial charge in [-0.2, -0.15) is 0 Å². The number of hydrogen-bond donors (Lipinski definition) is 2. The first-order valence-electron chi connectivity index (χ1n) is 9.90. The van der Waals surface area contributed by atoms with E-state index in [0.717, 1.165) is 5.56 Å². The summed E-state index contributed by atoms with van der Waals surface area (Å²) in [5, 5.41) is 6.15. The summed E-state index contributed by atoms with van der Waals surface area (Å²) in [6.07, 6.45) is 0.0502. The van der Waals surface area contributed by atoms with E-state index >= 15 is 0 Å². The summed E-state index contributed by atoms with van der Waals surface area (Å²) in [5.41, 5.74) is 1.77. The molecule has 0 bridgehead atoms. The van der Waals surface area contributed by atoms with E-state index in [1.165, 1.54) is 0 Å². The number of ether oxygens (including phenoxy) is 2. The Hall–Kier alpha value is -3.51. The lowest BCUT2D eigenvalue weighted by molar-refractivity contribution is -0.116. The Morgan fingerprint density at radius 2 is 1.61 bits per heavy atom. The zero-order chi connectivity index (χ0) is 21.6. The largest absolute Gasteiger partial charge is 0.486 e. The highest BCUT2D eigenvalue weighted by Gasteiger charge is 2.21. The molecule has 1 heterocycles. The van der Waals surface area contributed by atoms with Crippen LogP contribution in [0.2, 0.25) is 5.02 Å². The number of anilines is 1. The molecule has 4 rings (SSSR count). The fraction of sp³-hybridized carbons (Fsp3) is 0.167. The van der Waals surface area contributed by atoms with Crippen molar-refractivity contribution >= 4 is 29.1 Å². The Balaban J connectivity index is 1.49. The Morgan fingerprint density at radius 1 is 0.903 bits per heavy atom. The summed E-state index contributed by atoms with van der Waals surface area (Å²) in [6, 6.07) is 20.9. The molecular weight excluding hydrogens is 416 g/mol. The third kappa shape index (κ3) is 5.16. The van der Waals surface area contributed by atoms with Crippen molar-refractivity contribution in [2.75, 3.05) is 18.5 Å². The van der Waals surface area contributed by atoms with Gasteiger partial charge in [-0.25, -0.2) is 0 Å². The van der Waals surface area contributed by atoms with Gasteiger partial charge in [0.05, 0.1) is 23.0 Å². The number of fused-ring (bicyclic) bond motifs is 1. The molecule has 1 aliphatic heterocycles. The summed E-state index contributed by atoms with van der Waals surface area (Å²) in [4.78, 5) is 25.6. The van der Waals surface area contributed by atoms with E-state index in [1.807, 2.05) is 30.3 Å². The lowest BCUT2D eigenvalue weighted by atomic mass is 10.0. The first kappa shape index (κ1) is 20.8. The summed E-state index contributed by atoms with van der Waals surface area (Å²) in [7, 11) is 0. The minimum absolute atomic E-state index is 0.0502. The second-order valence-electron chi connectivity index (χ2n) is 7.03. The van der Waals surface area contributed by atoms with Crippen LogP contribution in [0.15, 0.2) is 72.8 Å². The van der Waals surface area contributed by atoms with Crippen LogP contribution in [0, 0.1) is 0 Å². The zero-order valence-corrected chi connectivity index (χ0v) is 17.4. The Kier molecular flexibility index (Phi) is 6.38. The second kappa shape index (κ2) is 9.53. The van der Waals surface area contributed by atoms with Gasteiger partial charge in [0, 0.05) is 11.8 Å². The fourth-order valence-corrected chi connectivity index (χ4v) is 3.56. The molecule has 0 saturated carbocycles. The molecule has 1 atom stereocenters. The van der Waals surface area contributed by atoms with Crippen molar-refractivity contribution in [3.63, 3.8) is 0 Å². The van der Waals surface area contributed by atoms with E-state index < -0.39 is 6.04 Å². The molecule has 0 unspecified atom stereocenters. The summed E-state index contributed by atoms with van der Waals surface area (Å²) in [6.45, 7) is 0.969. The maximum absolute atomic E-state index is 12.8. The number of amides is 2. The average Bonchev–Trinajstić information content (AvgIpc) is 2.79. The highest BCUT2D eigenvalue weighted by Crippen LogP contribution is 2.32. The zero-order valence-electron chi connectivity index (χ0n) is 16.6. The van der Waals surface area contributed by atoms with Crippen LogP contribution in [0.5, 0.6) is 11.5 Å². The van der Waals surface area contributed by atoms with Gasteiger partial charge in [-0.15, -0.1) is 0 Å². The highest BCUT2D eigenvalue weighted by atomic mass is 35.5. The summed E-state index contributed by atoms with van der Waals surface area (Å²) >= 11 is 6.16. The molecule has 2 amide bonds. The molecule has 3 aromatic rings. The predicted octanol–water partition coefficient (Wildman–Crippen LogP) is 4.61. The second-order valence-corrected chi connectivity index (χ2v) is 7.43. The van der Waals surface area contributed by atoms with Gasteiger partial charge in [0.2, 0.25) is 5.91 Å². The van der Waals surface area contributed by atoms with Gasteiger partial charge < -0.3 is 20.1 Å². The van der Waals surface area contributed by atoms with Crippen molar-refractivity contribution < 1.29 is 19.1 Å². The molecule has 0 saturated heterocycles. The topological polar surface area (TPSA) is 76.7 Å². The SMILES string of the molecule is O=C(C[C@H](NC(=O)c1ccccc1Cl)c1ccccc1)Nc1ccc2c(c1)OCCO2. The maximum atomic E-state index is 12.8. The van der Waals surface area contributed by atoms with Crippen LogP contribution in [0.4, 0.5) is 5.69 Å². The Bertz CT molecular complexity index is 1090. The van der Waals surface area contributed by atoms with Crippen molar-refractivity contribution in [3.05, 3.63) is 88.9 Å². The van der Waals surface area contributed by atoms with E-state index in [0.29, 0.717) is 41.0 Å². The molecular formula is C24H21ClN2O4. The molecule has 6 nitrogen and oxygen atoms in total. The number of carbonyl (C=O) groups is 2. The molecule has 3 aromatic carbocycles. The van der Waals surface area contributed by atoms with Gasteiger partial charge in [-0.3, -0.25) is 9.59 Å². The molecule has 0 aromatic heterocycles. The van der Waals surface area contributed by atoms with Gasteiger partial charge in [0.25, 0.3) is 5.91 Å². The van der Waals surface area contributed by atoms with Gasteiger partial charge in [-0.1, -0.05) is 54.1 Å². The van der Waals surface area contributed by atoms with Crippen molar-refractivity contribution in [1.82, 2.24) is 5.32 Å². The van der Waals surface area contributed by atoms with Crippen LogP contribution < -0.4 is 20.1 Å². The quantitative estimate of drug-likeness (QED) is 0.591. The van der Waals surface area contributed by atoms with E-state index in [1.54, 1.807) is 42.5 Å². The number of carbonyl (C=O) groups excluding carboxylic acids is 2. The first-order chi connectivity index (χ1) is 15.1. The fourth-order valence-electron chi connectivity index (χ4n) is 3.34. The van der Waals surface area contributed by atoms with Gasteiger partial charge >= 0.3 is 0 Å². The third-order valence-electron chi connectivity index (χ3n) is 4.84. The number of halogens is 1. The average molecular weight is 437 g/mol. The molecule has 2 N–H and O–H groups in total. The Morgan fingerprint density at radius 3 is 2.39 bits per heavy atom. The number of nitrogens with one attached hydrogen (secondary N) is 2. The number of hydrogen-bond acceptors (Lipinski definition) is 4. The minimum Gasteiger partial charge on any atom is -0.486 e. The predicted molar refractivity (Wildman–Crippen MR) is 119 cm³/mol. The molecule has 158 valence electrons. The van der Waals surface area contributed by atoms with Crippen LogP contribution in [-0.2, 0) is 4.79 Å². The van der Waals surface area contributed by atoms with Crippen LogP contribution in [0.3, 0.4) is 0 Å². The standard InChI is InChI=1S/C24H21ClN2O4/c25-19-9-5-4-8-18(19)24(29)27-20(16-6-2-1-3-7-16)15-23(28)26-17-10-11-21-22(14-17)31-13-12-30-21/h1-11,14,20H,12-13,15H2,(H,26,28)(H,27,29)/t20-/m0/s1. The number of benzene rings is 3. The number of rotatable bonds is 6. The van der Waals surface area contributed by atoms with Crippen molar-refractivity contribution in [3.8, 4) is 11.5 Å². The van der Waals surface area contributed by atoms with Crippen molar-refractivity contribution in [1.29, 1.82) is 0 Å². The summed E-state index contributed by atoms with van der Waals surface area (Å²) < 4.78 is 11.1. The van der Waals surface area contributed by atoms with Crippen LogP contribution in [0.25, 0.3) is 0 Å². The molecule has 0 aliphatic carbocycles. The highest BCUT2D eigenvalue weighted by molar-refractivity contribution is 6.33. The third-order valence-corrected chi connectivity index (χ3v) is 5.17.